The Kier molecular flexibility index (Phi) is 7.81. The average molecular weight is 491 g/mol. The first-order valence-corrected chi connectivity index (χ1v) is 11.5. The second-order valence-corrected chi connectivity index (χ2v) is 8.27. The van der Waals surface area contributed by atoms with E-state index in [4.69, 9.17) is 5.84 Å². The topological polar surface area (TPSA) is 144 Å². The molecule has 4 rings (SSSR count). The number of hydrazine groups is 1. The lowest BCUT2D eigenvalue weighted by atomic mass is 9.99. The summed E-state index contributed by atoms with van der Waals surface area (Å²) in [6.07, 6.45) is 5.93. The van der Waals surface area contributed by atoms with Crippen molar-refractivity contribution in [2.24, 2.45) is 5.84 Å². The van der Waals surface area contributed by atoms with Crippen molar-refractivity contribution in [1.82, 2.24) is 35.7 Å². The number of aromatic nitrogens is 5. The zero-order chi connectivity index (χ0) is 25.5. The Balaban J connectivity index is 1.43. The molecule has 0 saturated heterocycles. The van der Waals surface area contributed by atoms with Crippen LogP contribution in [0, 0.1) is 12.7 Å². The van der Waals surface area contributed by atoms with E-state index in [9.17, 15) is 14.0 Å². The highest BCUT2D eigenvalue weighted by molar-refractivity contribution is 5.81. The van der Waals surface area contributed by atoms with Crippen LogP contribution in [0.2, 0.25) is 0 Å². The summed E-state index contributed by atoms with van der Waals surface area (Å²) >= 11 is 0. The number of nitrogens with two attached hydrogens (primary N) is 1. The van der Waals surface area contributed by atoms with Crippen LogP contribution in [-0.4, -0.2) is 43.3 Å². The number of H-pyrrole nitrogens is 1. The Morgan fingerprint density at radius 3 is 2.75 bits per heavy atom. The number of halogens is 1. The number of hydrogen-bond donors (Lipinski definition) is 4. The standard InChI is InChI=1S/C25H27FN8O2/c1-16-4-2-5-22(31-16)25-20(14-29-33-25)17-8-9-21(26)19(12-17)18-13-30-34(15-18)11-10-28-23(35)6-3-7-24(36)32-27/h2,4-5,8-9,12-15H,3,6-7,10-11,27H2,1H3,(H,28,35)(H,29,33)(H,32,36). The molecule has 0 aliphatic carbocycles. The van der Waals surface area contributed by atoms with Gasteiger partial charge in [-0.2, -0.15) is 10.2 Å². The number of hydrogen-bond acceptors (Lipinski definition) is 6. The fourth-order valence-corrected chi connectivity index (χ4v) is 3.80. The minimum atomic E-state index is -0.369. The Morgan fingerprint density at radius 1 is 1.11 bits per heavy atom. The first kappa shape index (κ1) is 24.7. The van der Waals surface area contributed by atoms with Gasteiger partial charge in [-0.25, -0.2) is 10.2 Å². The summed E-state index contributed by atoms with van der Waals surface area (Å²) < 4.78 is 16.4. The van der Waals surface area contributed by atoms with Crippen molar-refractivity contribution in [3.05, 3.63) is 66.5 Å². The van der Waals surface area contributed by atoms with Gasteiger partial charge in [0, 0.05) is 54.2 Å². The van der Waals surface area contributed by atoms with Crippen molar-refractivity contribution < 1.29 is 14.0 Å². The van der Waals surface area contributed by atoms with Crippen molar-refractivity contribution in [2.45, 2.75) is 32.7 Å². The largest absolute Gasteiger partial charge is 0.354 e. The minimum absolute atomic E-state index is 0.162. The van der Waals surface area contributed by atoms with E-state index >= 15 is 0 Å². The highest BCUT2D eigenvalue weighted by Gasteiger charge is 2.15. The Morgan fingerprint density at radius 2 is 1.94 bits per heavy atom. The minimum Gasteiger partial charge on any atom is -0.354 e. The lowest BCUT2D eigenvalue weighted by Gasteiger charge is -2.07. The molecule has 0 atom stereocenters. The van der Waals surface area contributed by atoms with Gasteiger partial charge in [0.15, 0.2) is 0 Å². The van der Waals surface area contributed by atoms with Crippen LogP contribution in [0.5, 0.6) is 0 Å². The van der Waals surface area contributed by atoms with E-state index in [1.165, 1.54) is 6.07 Å². The summed E-state index contributed by atoms with van der Waals surface area (Å²) in [6.45, 7) is 2.69. The molecule has 0 fully saturated rings. The smallest absolute Gasteiger partial charge is 0.233 e. The summed E-state index contributed by atoms with van der Waals surface area (Å²) in [5, 5.41) is 14.3. The predicted octanol–water partition coefficient (Wildman–Crippen LogP) is 2.73. The summed E-state index contributed by atoms with van der Waals surface area (Å²) in [4.78, 5) is 27.6. The van der Waals surface area contributed by atoms with Crippen molar-refractivity contribution in [2.75, 3.05) is 6.54 Å². The summed E-state index contributed by atoms with van der Waals surface area (Å²) in [7, 11) is 0. The highest BCUT2D eigenvalue weighted by Crippen LogP contribution is 2.33. The normalized spacial score (nSPS) is 10.9. The molecule has 3 aromatic heterocycles. The number of aromatic amines is 1. The van der Waals surface area contributed by atoms with E-state index in [-0.39, 0.29) is 30.5 Å². The average Bonchev–Trinajstić information content (AvgIpc) is 3.54. The molecule has 0 unspecified atom stereocenters. The van der Waals surface area contributed by atoms with Crippen LogP contribution < -0.4 is 16.6 Å². The molecule has 0 saturated carbocycles. The van der Waals surface area contributed by atoms with Gasteiger partial charge in [0.05, 0.1) is 18.4 Å². The van der Waals surface area contributed by atoms with Crippen LogP contribution >= 0.6 is 0 Å². The molecule has 186 valence electrons. The monoisotopic (exact) mass is 490 g/mol. The molecule has 5 N–H and O–H groups in total. The number of pyridine rings is 1. The van der Waals surface area contributed by atoms with Gasteiger partial charge in [-0.15, -0.1) is 0 Å². The number of rotatable bonds is 10. The number of benzene rings is 1. The Hall–Kier alpha value is -4.38. The number of amides is 2. The number of nitrogens with one attached hydrogen (secondary N) is 3. The van der Waals surface area contributed by atoms with Gasteiger partial charge in [-0.3, -0.25) is 29.8 Å². The summed E-state index contributed by atoms with van der Waals surface area (Å²) in [6, 6.07) is 10.6. The zero-order valence-corrected chi connectivity index (χ0v) is 19.8. The third-order valence-electron chi connectivity index (χ3n) is 5.62. The number of carbonyl (C=O) groups is 2. The SMILES string of the molecule is Cc1cccc(-c2n[nH]cc2-c2ccc(F)c(-c3cnn(CCNC(=O)CCCC(=O)NN)c3)c2)n1. The number of nitrogens with zero attached hydrogens (tertiary/aromatic N) is 4. The molecule has 0 radical (unpaired) electrons. The lowest BCUT2D eigenvalue weighted by molar-refractivity contribution is -0.122. The van der Waals surface area contributed by atoms with Gasteiger partial charge < -0.3 is 5.32 Å². The first-order valence-electron chi connectivity index (χ1n) is 11.5. The van der Waals surface area contributed by atoms with E-state index in [1.54, 1.807) is 35.4 Å². The maximum atomic E-state index is 14.8. The van der Waals surface area contributed by atoms with Gasteiger partial charge in [-0.1, -0.05) is 12.1 Å². The van der Waals surface area contributed by atoms with Crippen LogP contribution in [0.1, 0.15) is 25.0 Å². The van der Waals surface area contributed by atoms with E-state index in [0.717, 1.165) is 22.5 Å². The van der Waals surface area contributed by atoms with Crippen LogP contribution in [0.15, 0.2) is 55.0 Å². The maximum absolute atomic E-state index is 14.8. The second kappa shape index (κ2) is 11.4. The molecule has 2 amide bonds. The third kappa shape index (κ3) is 5.99. The van der Waals surface area contributed by atoms with Gasteiger partial charge >= 0.3 is 0 Å². The predicted molar refractivity (Wildman–Crippen MR) is 132 cm³/mol. The second-order valence-electron chi connectivity index (χ2n) is 8.27. The fraction of sp³-hybridized carbons (Fsp3) is 0.240. The van der Waals surface area contributed by atoms with E-state index < -0.39 is 0 Å². The van der Waals surface area contributed by atoms with Gasteiger partial charge in [0.2, 0.25) is 11.8 Å². The van der Waals surface area contributed by atoms with Crippen molar-refractivity contribution >= 4 is 11.8 Å². The molecule has 0 bridgehead atoms. The summed E-state index contributed by atoms with van der Waals surface area (Å²) in [5.74, 6) is 4.18. The van der Waals surface area contributed by atoms with Crippen LogP contribution in [0.3, 0.4) is 0 Å². The molecule has 1 aromatic carbocycles. The third-order valence-corrected chi connectivity index (χ3v) is 5.62. The van der Waals surface area contributed by atoms with Crippen LogP contribution in [0.4, 0.5) is 4.39 Å². The Labute approximate surface area is 207 Å². The lowest BCUT2D eigenvalue weighted by Crippen LogP contribution is -2.30. The van der Waals surface area contributed by atoms with E-state index in [2.05, 4.69) is 25.6 Å². The quantitative estimate of drug-likeness (QED) is 0.153. The molecule has 10 nitrogen and oxygen atoms in total. The molecule has 0 aliphatic rings. The number of carbonyl (C=O) groups excluding carboxylic acids is 2. The van der Waals surface area contributed by atoms with E-state index in [1.807, 2.05) is 30.5 Å². The van der Waals surface area contributed by atoms with Gasteiger partial charge in [-0.05, 0) is 43.2 Å². The highest BCUT2D eigenvalue weighted by atomic mass is 19.1. The van der Waals surface area contributed by atoms with Gasteiger partial charge in [0.25, 0.3) is 0 Å². The fourth-order valence-electron chi connectivity index (χ4n) is 3.80. The van der Waals surface area contributed by atoms with E-state index in [0.29, 0.717) is 36.3 Å². The first-order chi connectivity index (χ1) is 17.4. The van der Waals surface area contributed by atoms with Crippen molar-refractivity contribution in [3.8, 4) is 33.6 Å². The molecule has 0 spiro atoms. The Bertz CT molecular complexity index is 1360. The molecule has 36 heavy (non-hydrogen) atoms. The molecule has 4 aromatic rings. The summed E-state index contributed by atoms with van der Waals surface area (Å²) in [5.41, 5.74) is 6.96. The van der Waals surface area contributed by atoms with Crippen molar-refractivity contribution in [1.29, 1.82) is 0 Å². The molecular formula is C25H27FN8O2. The van der Waals surface area contributed by atoms with Crippen molar-refractivity contribution in [3.63, 3.8) is 0 Å². The maximum Gasteiger partial charge on any atom is 0.233 e. The van der Waals surface area contributed by atoms with Gasteiger partial charge in [0.1, 0.15) is 11.5 Å². The number of aryl methyl sites for hydroxylation is 1. The molecule has 11 heteroatoms. The molecular weight excluding hydrogens is 463 g/mol. The van der Waals surface area contributed by atoms with Crippen LogP contribution in [0.25, 0.3) is 33.6 Å². The van der Waals surface area contributed by atoms with Crippen LogP contribution in [-0.2, 0) is 16.1 Å². The molecule has 3 heterocycles. The zero-order valence-electron chi connectivity index (χ0n) is 19.8. The molecule has 0 aliphatic heterocycles.